The molecule has 0 saturated carbocycles. The SMILES string of the molecule is COCCNC(=O)c1cc(NC(=O)Nc2cccc(Cl)c2)ccc1N1CCCC1. The van der Waals surface area contributed by atoms with Gasteiger partial charge in [0.1, 0.15) is 0 Å². The van der Waals surface area contributed by atoms with Crippen LogP contribution in [-0.4, -0.2) is 45.3 Å². The van der Waals surface area contributed by atoms with E-state index in [4.69, 9.17) is 16.3 Å². The maximum atomic E-state index is 12.7. The number of amides is 3. The van der Waals surface area contributed by atoms with Crippen molar-refractivity contribution in [2.24, 2.45) is 0 Å². The van der Waals surface area contributed by atoms with E-state index in [9.17, 15) is 9.59 Å². The van der Waals surface area contributed by atoms with Crippen LogP contribution in [0.15, 0.2) is 42.5 Å². The standard InChI is InChI=1S/C21H25ClN4O3/c1-29-12-9-23-20(27)18-14-17(7-8-19(18)26-10-2-3-11-26)25-21(28)24-16-6-4-5-15(22)13-16/h4-8,13-14H,2-3,9-12H2,1H3,(H,23,27)(H2,24,25,28). The number of anilines is 3. The molecular formula is C21H25ClN4O3. The van der Waals surface area contributed by atoms with E-state index in [1.54, 1.807) is 43.5 Å². The third-order valence-electron chi connectivity index (χ3n) is 4.62. The lowest BCUT2D eigenvalue weighted by molar-refractivity contribution is 0.0937. The lowest BCUT2D eigenvalue weighted by atomic mass is 10.1. The smallest absolute Gasteiger partial charge is 0.323 e. The predicted molar refractivity (Wildman–Crippen MR) is 116 cm³/mol. The molecule has 0 aromatic heterocycles. The summed E-state index contributed by atoms with van der Waals surface area (Å²) in [6, 6.07) is 11.9. The number of benzene rings is 2. The topological polar surface area (TPSA) is 82.7 Å². The zero-order valence-electron chi connectivity index (χ0n) is 16.3. The molecule has 1 fully saturated rings. The molecule has 2 aromatic rings. The van der Waals surface area contributed by atoms with Crippen molar-refractivity contribution in [3.8, 4) is 0 Å². The minimum Gasteiger partial charge on any atom is -0.383 e. The number of nitrogens with zero attached hydrogens (tertiary/aromatic N) is 1. The molecule has 0 spiro atoms. The number of urea groups is 1. The third-order valence-corrected chi connectivity index (χ3v) is 4.86. The molecule has 0 aliphatic carbocycles. The molecule has 2 aromatic carbocycles. The van der Waals surface area contributed by atoms with Gasteiger partial charge in [-0.05, 0) is 49.2 Å². The Morgan fingerprint density at radius 3 is 2.48 bits per heavy atom. The number of hydrogen-bond donors (Lipinski definition) is 3. The Kier molecular flexibility index (Phi) is 7.32. The Hall–Kier alpha value is -2.77. The summed E-state index contributed by atoms with van der Waals surface area (Å²) in [5, 5.41) is 8.90. The van der Waals surface area contributed by atoms with Gasteiger partial charge in [0.2, 0.25) is 0 Å². The Labute approximate surface area is 175 Å². The first-order chi connectivity index (χ1) is 14.1. The number of nitrogens with one attached hydrogen (secondary N) is 3. The Bertz CT molecular complexity index is 869. The Morgan fingerprint density at radius 1 is 1.07 bits per heavy atom. The van der Waals surface area contributed by atoms with Crippen LogP contribution in [0.1, 0.15) is 23.2 Å². The van der Waals surface area contributed by atoms with Gasteiger partial charge in [-0.1, -0.05) is 17.7 Å². The van der Waals surface area contributed by atoms with Crippen molar-refractivity contribution in [1.29, 1.82) is 0 Å². The summed E-state index contributed by atoms with van der Waals surface area (Å²) in [4.78, 5) is 27.3. The van der Waals surface area contributed by atoms with Crippen molar-refractivity contribution in [1.82, 2.24) is 5.32 Å². The van der Waals surface area contributed by atoms with E-state index in [1.165, 1.54) is 0 Å². The summed E-state index contributed by atoms with van der Waals surface area (Å²) in [5.74, 6) is -0.192. The molecule has 29 heavy (non-hydrogen) atoms. The fourth-order valence-electron chi connectivity index (χ4n) is 3.25. The maximum Gasteiger partial charge on any atom is 0.323 e. The average Bonchev–Trinajstić information content (AvgIpc) is 3.22. The van der Waals surface area contributed by atoms with Crippen LogP contribution in [0.2, 0.25) is 5.02 Å². The highest BCUT2D eigenvalue weighted by Crippen LogP contribution is 2.27. The van der Waals surface area contributed by atoms with Gasteiger partial charge in [-0.3, -0.25) is 4.79 Å². The predicted octanol–water partition coefficient (Wildman–Crippen LogP) is 3.96. The average molecular weight is 417 g/mol. The highest BCUT2D eigenvalue weighted by Gasteiger charge is 2.20. The Morgan fingerprint density at radius 2 is 1.79 bits per heavy atom. The van der Waals surface area contributed by atoms with Gasteiger partial charge < -0.3 is 25.6 Å². The van der Waals surface area contributed by atoms with Gasteiger partial charge in [0.25, 0.3) is 5.91 Å². The summed E-state index contributed by atoms with van der Waals surface area (Å²) in [6.45, 7) is 2.69. The summed E-state index contributed by atoms with van der Waals surface area (Å²) in [5.41, 5.74) is 2.52. The van der Waals surface area contributed by atoms with Crippen molar-refractivity contribution in [3.63, 3.8) is 0 Å². The van der Waals surface area contributed by atoms with E-state index in [2.05, 4.69) is 20.9 Å². The van der Waals surface area contributed by atoms with Crippen molar-refractivity contribution in [3.05, 3.63) is 53.1 Å². The quantitative estimate of drug-likeness (QED) is 0.596. The number of carbonyl (C=O) groups excluding carboxylic acids is 2. The van der Waals surface area contributed by atoms with Gasteiger partial charge in [-0.15, -0.1) is 0 Å². The second kappa shape index (κ2) is 10.1. The van der Waals surface area contributed by atoms with E-state index in [0.717, 1.165) is 31.6 Å². The van der Waals surface area contributed by atoms with Gasteiger partial charge in [0.15, 0.2) is 0 Å². The van der Waals surface area contributed by atoms with E-state index in [-0.39, 0.29) is 5.91 Å². The molecule has 8 heteroatoms. The van der Waals surface area contributed by atoms with Crippen LogP contribution in [0, 0.1) is 0 Å². The third kappa shape index (κ3) is 5.85. The highest BCUT2D eigenvalue weighted by atomic mass is 35.5. The van der Waals surface area contributed by atoms with Gasteiger partial charge in [0, 0.05) is 48.8 Å². The maximum absolute atomic E-state index is 12.7. The minimum absolute atomic E-state index is 0.192. The lowest BCUT2D eigenvalue weighted by Gasteiger charge is -2.22. The van der Waals surface area contributed by atoms with Crippen LogP contribution in [0.4, 0.5) is 21.9 Å². The molecule has 3 rings (SSSR count). The number of halogens is 1. The second-order valence-electron chi connectivity index (χ2n) is 6.76. The molecule has 1 heterocycles. The van der Waals surface area contributed by atoms with Crippen LogP contribution in [0.5, 0.6) is 0 Å². The first kappa shape index (κ1) is 21.0. The molecule has 0 radical (unpaired) electrons. The van der Waals surface area contributed by atoms with Crippen LogP contribution < -0.4 is 20.9 Å². The molecule has 7 nitrogen and oxygen atoms in total. The summed E-state index contributed by atoms with van der Waals surface area (Å²) in [7, 11) is 1.59. The number of hydrogen-bond acceptors (Lipinski definition) is 4. The number of methoxy groups -OCH3 is 1. The van der Waals surface area contributed by atoms with Gasteiger partial charge in [-0.2, -0.15) is 0 Å². The summed E-state index contributed by atoms with van der Waals surface area (Å²) >= 11 is 5.95. The minimum atomic E-state index is -0.410. The van der Waals surface area contributed by atoms with Gasteiger partial charge in [0.05, 0.1) is 12.2 Å². The molecule has 0 unspecified atom stereocenters. The molecule has 0 bridgehead atoms. The molecule has 0 atom stereocenters. The Balaban J connectivity index is 1.75. The fraction of sp³-hybridized carbons (Fsp3) is 0.333. The fourth-order valence-corrected chi connectivity index (χ4v) is 3.44. The lowest BCUT2D eigenvalue weighted by Crippen LogP contribution is -2.30. The summed E-state index contributed by atoms with van der Waals surface area (Å²) in [6.07, 6.45) is 2.21. The van der Waals surface area contributed by atoms with Crippen LogP contribution in [0.25, 0.3) is 0 Å². The molecule has 1 aliphatic heterocycles. The van der Waals surface area contributed by atoms with Gasteiger partial charge >= 0.3 is 6.03 Å². The largest absolute Gasteiger partial charge is 0.383 e. The molecule has 1 aliphatic rings. The van der Waals surface area contributed by atoms with Gasteiger partial charge in [-0.25, -0.2) is 4.79 Å². The molecule has 1 saturated heterocycles. The van der Waals surface area contributed by atoms with Crippen LogP contribution in [0.3, 0.4) is 0 Å². The van der Waals surface area contributed by atoms with Crippen molar-refractivity contribution < 1.29 is 14.3 Å². The normalized spacial score (nSPS) is 13.2. The van der Waals surface area contributed by atoms with E-state index >= 15 is 0 Å². The van der Waals surface area contributed by atoms with E-state index < -0.39 is 6.03 Å². The number of rotatable bonds is 7. The van der Waals surface area contributed by atoms with Crippen LogP contribution in [-0.2, 0) is 4.74 Å². The molecular weight excluding hydrogens is 392 g/mol. The zero-order chi connectivity index (χ0) is 20.6. The first-order valence-corrected chi connectivity index (χ1v) is 9.94. The highest BCUT2D eigenvalue weighted by molar-refractivity contribution is 6.30. The van der Waals surface area contributed by atoms with Crippen molar-refractivity contribution in [2.45, 2.75) is 12.8 Å². The summed E-state index contributed by atoms with van der Waals surface area (Å²) < 4.78 is 5.00. The zero-order valence-corrected chi connectivity index (χ0v) is 17.1. The molecule has 3 N–H and O–H groups in total. The second-order valence-corrected chi connectivity index (χ2v) is 7.20. The van der Waals surface area contributed by atoms with Crippen molar-refractivity contribution in [2.75, 3.05) is 48.9 Å². The first-order valence-electron chi connectivity index (χ1n) is 9.56. The monoisotopic (exact) mass is 416 g/mol. The molecule has 3 amide bonds. The van der Waals surface area contributed by atoms with Crippen LogP contribution >= 0.6 is 11.6 Å². The van der Waals surface area contributed by atoms with E-state index in [0.29, 0.717) is 35.1 Å². The number of ether oxygens (including phenoxy) is 1. The molecule has 154 valence electrons. The van der Waals surface area contributed by atoms with E-state index in [1.807, 2.05) is 6.07 Å². The van der Waals surface area contributed by atoms with Crippen molar-refractivity contribution >= 4 is 40.6 Å². The number of carbonyl (C=O) groups is 2.